The Morgan fingerprint density at radius 3 is 2.28 bits per heavy atom. The molecule has 0 aliphatic rings. The maximum absolute atomic E-state index is 12.2. The maximum Gasteiger partial charge on any atom is 0.260 e. The van der Waals surface area contributed by atoms with Crippen molar-refractivity contribution in [3.8, 4) is 0 Å². The number of halogens is 1. The minimum Gasteiger partial charge on any atom is -0.271 e. The molecule has 0 bridgehead atoms. The van der Waals surface area contributed by atoms with E-state index in [1.165, 1.54) is 0 Å². The van der Waals surface area contributed by atoms with Crippen molar-refractivity contribution >= 4 is 49.9 Å². The summed E-state index contributed by atoms with van der Waals surface area (Å²) in [7, 11) is -3.60. The van der Waals surface area contributed by atoms with Crippen molar-refractivity contribution in [2.75, 3.05) is 17.1 Å². The van der Waals surface area contributed by atoms with Gasteiger partial charge in [-0.25, -0.2) is 13.8 Å². The Morgan fingerprint density at radius 1 is 1.12 bits per heavy atom. The van der Waals surface area contributed by atoms with Gasteiger partial charge in [0, 0.05) is 3.57 Å². The third-order valence-electron chi connectivity index (χ3n) is 3.34. The molecular formula is C17H18IN3O3S. The summed E-state index contributed by atoms with van der Waals surface area (Å²) in [5, 5.41) is 4.03. The van der Waals surface area contributed by atoms with Crippen LogP contribution in [0.2, 0.25) is 0 Å². The van der Waals surface area contributed by atoms with Gasteiger partial charge in [0.25, 0.3) is 5.91 Å². The molecule has 2 aromatic rings. The molecule has 1 amide bonds. The van der Waals surface area contributed by atoms with E-state index in [0.717, 1.165) is 19.7 Å². The van der Waals surface area contributed by atoms with Crippen LogP contribution in [0.5, 0.6) is 0 Å². The van der Waals surface area contributed by atoms with Gasteiger partial charge in [-0.3, -0.25) is 9.10 Å². The SMILES string of the molecule is C/C(=N/NC(=O)CN(c1ccc(I)cc1)S(C)(=O)=O)c1ccccc1. The summed E-state index contributed by atoms with van der Waals surface area (Å²) in [5.41, 5.74) is 4.35. The van der Waals surface area contributed by atoms with Crippen molar-refractivity contribution in [3.05, 3.63) is 63.7 Å². The van der Waals surface area contributed by atoms with Gasteiger partial charge in [0.2, 0.25) is 10.0 Å². The van der Waals surface area contributed by atoms with Crippen LogP contribution in [0.1, 0.15) is 12.5 Å². The van der Waals surface area contributed by atoms with Gasteiger partial charge < -0.3 is 0 Å². The summed E-state index contributed by atoms with van der Waals surface area (Å²) in [6, 6.07) is 16.3. The van der Waals surface area contributed by atoms with Crippen LogP contribution in [0.25, 0.3) is 0 Å². The fourth-order valence-electron chi connectivity index (χ4n) is 2.06. The van der Waals surface area contributed by atoms with Gasteiger partial charge in [0.05, 0.1) is 17.7 Å². The molecule has 0 aliphatic carbocycles. The number of benzene rings is 2. The zero-order chi connectivity index (χ0) is 18.4. The molecule has 6 nitrogen and oxygen atoms in total. The van der Waals surface area contributed by atoms with Gasteiger partial charge in [-0.2, -0.15) is 5.10 Å². The average Bonchev–Trinajstić information content (AvgIpc) is 2.58. The Balaban J connectivity index is 2.11. The van der Waals surface area contributed by atoms with Crippen LogP contribution >= 0.6 is 22.6 Å². The van der Waals surface area contributed by atoms with Crippen molar-refractivity contribution in [2.24, 2.45) is 5.10 Å². The van der Waals surface area contributed by atoms with E-state index in [0.29, 0.717) is 11.4 Å². The van der Waals surface area contributed by atoms with Crippen molar-refractivity contribution in [1.29, 1.82) is 0 Å². The zero-order valence-corrected chi connectivity index (χ0v) is 16.8. The summed E-state index contributed by atoms with van der Waals surface area (Å²) in [4.78, 5) is 12.2. The number of hydrogen-bond acceptors (Lipinski definition) is 4. The summed E-state index contributed by atoms with van der Waals surface area (Å²) in [5.74, 6) is -0.515. The first kappa shape index (κ1) is 19.4. The predicted octanol–water partition coefficient (Wildman–Crippen LogP) is 2.60. The number of carbonyl (C=O) groups excluding carboxylic acids is 1. The summed E-state index contributed by atoms with van der Waals surface area (Å²) in [6.07, 6.45) is 1.07. The fraction of sp³-hybridized carbons (Fsp3) is 0.176. The van der Waals surface area contributed by atoms with E-state index in [9.17, 15) is 13.2 Å². The van der Waals surface area contributed by atoms with Crippen molar-refractivity contribution < 1.29 is 13.2 Å². The molecule has 25 heavy (non-hydrogen) atoms. The predicted molar refractivity (Wildman–Crippen MR) is 108 cm³/mol. The third kappa shape index (κ3) is 5.82. The smallest absolute Gasteiger partial charge is 0.260 e. The van der Waals surface area contributed by atoms with Crippen LogP contribution in [-0.4, -0.2) is 32.8 Å². The molecule has 0 aromatic heterocycles. The van der Waals surface area contributed by atoms with Crippen molar-refractivity contribution in [3.63, 3.8) is 0 Å². The first-order valence-corrected chi connectivity index (χ1v) is 10.3. The lowest BCUT2D eigenvalue weighted by molar-refractivity contribution is -0.119. The second-order valence-corrected chi connectivity index (χ2v) is 8.50. The molecule has 0 radical (unpaired) electrons. The average molecular weight is 471 g/mol. The second-order valence-electron chi connectivity index (χ2n) is 5.34. The first-order chi connectivity index (χ1) is 11.8. The van der Waals surface area contributed by atoms with Gasteiger partial charge in [-0.15, -0.1) is 0 Å². The number of carbonyl (C=O) groups is 1. The highest BCUT2D eigenvalue weighted by molar-refractivity contribution is 14.1. The van der Waals surface area contributed by atoms with Gasteiger partial charge in [0.1, 0.15) is 6.54 Å². The molecule has 0 fully saturated rings. The molecule has 0 saturated heterocycles. The van der Waals surface area contributed by atoms with Gasteiger partial charge in [-0.05, 0) is 59.3 Å². The van der Waals surface area contributed by atoms with Crippen LogP contribution in [0.4, 0.5) is 5.69 Å². The minimum atomic E-state index is -3.60. The molecule has 0 saturated carbocycles. The molecule has 0 spiro atoms. The normalized spacial score (nSPS) is 11.9. The Bertz CT molecular complexity index is 866. The number of amides is 1. The van der Waals surface area contributed by atoms with Crippen LogP contribution in [0.15, 0.2) is 59.7 Å². The van der Waals surface area contributed by atoms with Crippen LogP contribution in [-0.2, 0) is 14.8 Å². The number of hydrogen-bond donors (Lipinski definition) is 1. The Morgan fingerprint density at radius 2 is 1.72 bits per heavy atom. The highest BCUT2D eigenvalue weighted by Crippen LogP contribution is 2.18. The monoisotopic (exact) mass is 471 g/mol. The lowest BCUT2D eigenvalue weighted by atomic mass is 10.1. The zero-order valence-electron chi connectivity index (χ0n) is 13.8. The Kier molecular flexibility index (Phi) is 6.54. The van der Waals surface area contributed by atoms with Gasteiger partial charge in [0.15, 0.2) is 0 Å². The Labute approximate surface area is 161 Å². The first-order valence-electron chi connectivity index (χ1n) is 7.39. The molecule has 8 heteroatoms. The second kappa shape index (κ2) is 8.43. The number of sulfonamides is 1. The molecule has 132 valence electrons. The van der Waals surface area contributed by atoms with Crippen molar-refractivity contribution in [2.45, 2.75) is 6.92 Å². The van der Waals surface area contributed by atoms with E-state index in [2.05, 4.69) is 33.1 Å². The molecule has 2 rings (SSSR count). The molecule has 0 heterocycles. The van der Waals surface area contributed by atoms with Crippen LogP contribution in [0.3, 0.4) is 0 Å². The number of hydrazone groups is 1. The lowest BCUT2D eigenvalue weighted by Crippen LogP contribution is -2.39. The summed E-state index contributed by atoms with van der Waals surface area (Å²) in [6.45, 7) is 1.42. The van der Waals surface area contributed by atoms with E-state index >= 15 is 0 Å². The highest BCUT2D eigenvalue weighted by Gasteiger charge is 2.20. The summed E-state index contributed by atoms with van der Waals surface area (Å²) >= 11 is 2.13. The van der Waals surface area contributed by atoms with Gasteiger partial charge >= 0.3 is 0 Å². The maximum atomic E-state index is 12.2. The fourth-order valence-corrected chi connectivity index (χ4v) is 3.28. The van der Waals surface area contributed by atoms with Crippen LogP contribution < -0.4 is 9.73 Å². The number of rotatable bonds is 6. The molecule has 2 aromatic carbocycles. The lowest BCUT2D eigenvalue weighted by Gasteiger charge is -2.21. The highest BCUT2D eigenvalue weighted by atomic mass is 127. The standard InChI is InChI=1S/C17H18IN3O3S/c1-13(14-6-4-3-5-7-14)19-20-17(22)12-21(25(2,23)24)16-10-8-15(18)9-11-16/h3-11H,12H2,1-2H3,(H,20,22)/b19-13-. The number of anilines is 1. The minimum absolute atomic E-state index is 0.342. The number of nitrogens with zero attached hydrogens (tertiary/aromatic N) is 2. The van der Waals surface area contributed by atoms with E-state index in [4.69, 9.17) is 0 Å². The van der Waals surface area contributed by atoms with E-state index in [1.807, 2.05) is 30.3 Å². The molecule has 0 aliphatic heterocycles. The molecule has 1 N–H and O–H groups in total. The topological polar surface area (TPSA) is 78.8 Å². The van der Waals surface area contributed by atoms with E-state index in [1.54, 1.807) is 31.2 Å². The number of nitrogens with one attached hydrogen (secondary N) is 1. The molecule has 0 unspecified atom stereocenters. The third-order valence-corrected chi connectivity index (χ3v) is 5.20. The summed E-state index contributed by atoms with van der Waals surface area (Å²) < 4.78 is 26.1. The Hall–Kier alpha value is -1.94. The van der Waals surface area contributed by atoms with Crippen molar-refractivity contribution in [1.82, 2.24) is 5.43 Å². The molecular weight excluding hydrogens is 453 g/mol. The van der Waals surface area contributed by atoms with E-state index < -0.39 is 15.9 Å². The van der Waals surface area contributed by atoms with Crippen LogP contribution in [0, 0.1) is 3.57 Å². The molecule has 0 atom stereocenters. The van der Waals surface area contributed by atoms with E-state index in [-0.39, 0.29) is 6.54 Å². The quantitative estimate of drug-likeness (QED) is 0.400. The largest absolute Gasteiger partial charge is 0.271 e. The van der Waals surface area contributed by atoms with Gasteiger partial charge in [-0.1, -0.05) is 30.3 Å².